The summed E-state index contributed by atoms with van der Waals surface area (Å²) in [7, 11) is 1.67. The third-order valence-corrected chi connectivity index (χ3v) is 5.81. The molecule has 4 rings (SSSR count). The predicted molar refractivity (Wildman–Crippen MR) is 79.7 cm³/mol. The Morgan fingerprint density at radius 3 is 2.60 bits per heavy atom. The lowest BCUT2D eigenvalue weighted by Gasteiger charge is -2.07. The SMILES string of the molecule is COc1ccc(C2CC23Sc2ccccc2C3=O)cc1. The van der Waals surface area contributed by atoms with Gasteiger partial charge in [-0.2, -0.15) is 0 Å². The van der Waals surface area contributed by atoms with E-state index in [9.17, 15) is 4.79 Å². The van der Waals surface area contributed by atoms with E-state index < -0.39 is 0 Å². The van der Waals surface area contributed by atoms with Crippen molar-refractivity contribution >= 4 is 17.5 Å². The topological polar surface area (TPSA) is 26.3 Å². The standard InChI is InChI=1S/C17H14O2S/c1-19-12-8-6-11(7-9-12)14-10-17(14)16(18)13-4-2-3-5-15(13)20-17/h2-9,14H,10H2,1H3. The second-order valence-corrected chi connectivity index (χ2v) is 6.72. The lowest BCUT2D eigenvalue weighted by atomic mass is 10.0. The molecule has 2 nitrogen and oxygen atoms in total. The van der Waals surface area contributed by atoms with Crippen molar-refractivity contribution in [2.24, 2.45) is 0 Å². The van der Waals surface area contributed by atoms with Crippen LogP contribution in [0.25, 0.3) is 0 Å². The molecule has 1 fully saturated rings. The van der Waals surface area contributed by atoms with Crippen LogP contribution in [-0.2, 0) is 0 Å². The van der Waals surface area contributed by atoms with Crippen LogP contribution in [0, 0.1) is 0 Å². The molecule has 0 saturated heterocycles. The van der Waals surface area contributed by atoms with Crippen molar-refractivity contribution in [1.82, 2.24) is 0 Å². The number of carbonyl (C=O) groups excluding carboxylic acids is 1. The second-order valence-electron chi connectivity index (χ2n) is 5.35. The molecule has 2 aromatic rings. The molecule has 2 atom stereocenters. The van der Waals surface area contributed by atoms with E-state index >= 15 is 0 Å². The monoisotopic (exact) mass is 282 g/mol. The Morgan fingerprint density at radius 1 is 1.15 bits per heavy atom. The van der Waals surface area contributed by atoms with Gasteiger partial charge in [-0.3, -0.25) is 4.79 Å². The maximum atomic E-state index is 12.6. The van der Waals surface area contributed by atoms with Crippen molar-refractivity contribution in [3.05, 3.63) is 59.7 Å². The number of Topliss-reactive ketones (excluding diaryl/α,β-unsaturated/α-hetero) is 1. The molecule has 0 N–H and O–H groups in total. The predicted octanol–water partition coefficient (Wildman–Crippen LogP) is 3.91. The summed E-state index contributed by atoms with van der Waals surface area (Å²) < 4.78 is 4.95. The summed E-state index contributed by atoms with van der Waals surface area (Å²) >= 11 is 1.74. The molecule has 1 spiro atoms. The number of fused-ring (bicyclic) bond motifs is 1. The Hall–Kier alpha value is -1.74. The van der Waals surface area contributed by atoms with Crippen LogP contribution < -0.4 is 4.74 Å². The summed E-state index contributed by atoms with van der Waals surface area (Å²) in [6, 6.07) is 16.0. The summed E-state index contributed by atoms with van der Waals surface area (Å²) in [4.78, 5) is 13.8. The van der Waals surface area contributed by atoms with Crippen molar-refractivity contribution in [2.75, 3.05) is 7.11 Å². The van der Waals surface area contributed by atoms with Gasteiger partial charge in [0.15, 0.2) is 5.78 Å². The van der Waals surface area contributed by atoms with Crippen LogP contribution in [-0.4, -0.2) is 17.6 Å². The lowest BCUT2D eigenvalue weighted by molar-refractivity contribution is 0.0981. The highest BCUT2D eigenvalue weighted by atomic mass is 32.2. The number of thioether (sulfide) groups is 1. The van der Waals surface area contributed by atoms with Crippen molar-refractivity contribution < 1.29 is 9.53 Å². The Labute approximate surface area is 122 Å². The molecule has 2 aliphatic rings. The quantitative estimate of drug-likeness (QED) is 0.835. The highest BCUT2D eigenvalue weighted by Gasteiger charge is 2.64. The van der Waals surface area contributed by atoms with E-state index in [1.807, 2.05) is 30.3 Å². The largest absolute Gasteiger partial charge is 0.497 e. The summed E-state index contributed by atoms with van der Waals surface area (Å²) in [5.74, 6) is 1.49. The van der Waals surface area contributed by atoms with Gasteiger partial charge in [0.1, 0.15) is 5.75 Å². The van der Waals surface area contributed by atoms with Crippen molar-refractivity contribution in [3.8, 4) is 5.75 Å². The van der Waals surface area contributed by atoms with Gasteiger partial charge in [0.25, 0.3) is 0 Å². The summed E-state index contributed by atoms with van der Waals surface area (Å²) in [6.45, 7) is 0. The van der Waals surface area contributed by atoms with E-state index in [1.165, 1.54) is 5.56 Å². The van der Waals surface area contributed by atoms with E-state index in [1.54, 1.807) is 18.9 Å². The van der Waals surface area contributed by atoms with Gasteiger partial charge in [-0.05, 0) is 30.2 Å². The highest BCUT2D eigenvalue weighted by molar-refractivity contribution is 8.02. The average molecular weight is 282 g/mol. The van der Waals surface area contributed by atoms with Gasteiger partial charge in [0.2, 0.25) is 0 Å². The minimum absolute atomic E-state index is 0.238. The van der Waals surface area contributed by atoms with Crippen LogP contribution >= 0.6 is 11.8 Å². The molecule has 1 aliphatic heterocycles. The molecule has 0 amide bonds. The van der Waals surface area contributed by atoms with Crippen molar-refractivity contribution in [1.29, 1.82) is 0 Å². The zero-order valence-electron chi connectivity index (χ0n) is 11.1. The molecule has 0 bridgehead atoms. The third kappa shape index (κ3) is 1.56. The number of ketones is 1. The average Bonchev–Trinajstić information content (AvgIpc) is 3.15. The maximum Gasteiger partial charge on any atom is 0.181 e. The van der Waals surface area contributed by atoms with Gasteiger partial charge >= 0.3 is 0 Å². The normalized spacial score (nSPS) is 26.6. The van der Waals surface area contributed by atoms with Crippen LogP contribution in [0.1, 0.15) is 28.3 Å². The van der Waals surface area contributed by atoms with Crippen LogP contribution in [0.3, 0.4) is 0 Å². The third-order valence-electron chi connectivity index (χ3n) is 4.24. The first-order chi connectivity index (χ1) is 9.74. The number of hydrogen-bond acceptors (Lipinski definition) is 3. The fourth-order valence-corrected chi connectivity index (χ4v) is 4.59. The van der Waals surface area contributed by atoms with Crippen molar-refractivity contribution in [2.45, 2.75) is 22.0 Å². The number of methoxy groups -OCH3 is 1. The molecular weight excluding hydrogens is 268 g/mol. The number of ether oxygens (including phenoxy) is 1. The second kappa shape index (κ2) is 4.13. The van der Waals surface area contributed by atoms with Gasteiger partial charge in [-0.15, -0.1) is 11.8 Å². The van der Waals surface area contributed by atoms with Gasteiger partial charge in [-0.1, -0.05) is 30.3 Å². The first kappa shape index (κ1) is 12.0. The summed E-state index contributed by atoms with van der Waals surface area (Å²) in [5.41, 5.74) is 2.13. The first-order valence-corrected chi connectivity index (χ1v) is 7.53. The molecule has 1 heterocycles. The molecule has 20 heavy (non-hydrogen) atoms. The molecule has 2 aromatic carbocycles. The van der Waals surface area contributed by atoms with E-state index in [4.69, 9.17) is 4.74 Å². The van der Waals surface area contributed by atoms with E-state index in [2.05, 4.69) is 18.2 Å². The van der Waals surface area contributed by atoms with Gasteiger partial charge in [0, 0.05) is 16.4 Å². The Kier molecular flexibility index (Phi) is 2.48. The van der Waals surface area contributed by atoms with E-state index in [-0.39, 0.29) is 4.75 Å². The number of rotatable bonds is 2. The van der Waals surface area contributed by atoms with Crippen LogP contribution in [0.5, 0.6) is 5.75 Å². The van der Waals surface area contributed by atoms with Crippen LogP contribution in [0.4, 0.5) is 0 Å². The van der Waals surface area contributed by atoms with Crippen LogP contribution in [0.15, 0.2) is 53.4 Å². The van der Waals surface area contributed by atoms with Gasteiger partial charge in [0.05, 0.1) is 11.9 Å². The first-order valence-electron chi connectivity index (χ1n) is 6.71. The van der Waals surface area contributed by atoms with Gasteiger partial charge in [-0.25, -0.2) is 0 Å². The minimum atomic E-state index is -0.238. The number of carbonyl (C=O) groups is 1. The lowest BCUT2D eigenvalue weighted by Crippen LogP contribution is -2.15. The smallest absolute Gasteiger partial charge is 0.181 e. The Balaban J connectivity index is 1.65. The summed E-state index contributed by atoms with van der Waals surface area (Å²) in [6.07, 6.45) is 0.942. The van der Waals surface area contributed by atoms with Crippen LogP contribution in [0.2, 0.25) is 0 Å². The highest BCUT2D eigenvalue weighted by Crippen LogP contribution is 2.67. The molecule has 3 heteroatoms. The Bertz CT molecular complexity index is 692. The molecule has 1 saturated carbocycles. The molecule has 0 radical (unpaired) electrons. The zero-order valence-corrected chi connectivity index (χ0v) is 11.9. The molecular formula is C17H14O2S. The molecule has 100 valence electrons. The van der Waals surface area contributed by atoms with Crippen molar-refractivity contribution in [3.63, 3.8) is 0 Å². The minimum Gasteiger partial charge on any atom is -0.497 e. The molecule has 1 aliphatic carbocycles. The summed E-state index contributed by atoms with van der Waals surface area (Å²) in [5, 5.41) is 0. The Morgan fingerprint density at radius 2 is 1.90 bits per heavy atom. The zero-order chi connectivity index (χ0) is 13.7. The fourth-order valence-electron chi connectivity index (χ4n) is 3.05. The number of benzene rings is 2. The van der Waals surface area contributed by atoms with Gasteiger partial charge < -0.3 is 4.74 Å². The molecule has 0 aromatic heterocycles. The number of hydrogen-bond donors (Lipinski definition) is 0. The molecule has 2 unspecified atom stereocenters. The maximum absolute atomic E-state index is 12.6. The fraction of sp³-hybridized carbons (Fsp3) is 0.235. The van der Waals surface area contributed by atoms with E-state index in [0.29, 0.717) is 11.7 Å². The van der Waals surface area contributed by atoms with E-state index in [0.717, 1.165) is 22.6 Å².